The number of thiocarbonyl (C=S) groups is 1. The van der Waals surface area contributed by atoms with E-state index in [1.807, 2.05) is 18.2 Å². The average Bonchev–Trinajstić information content (AvgIpc) is 2.24. The summed E-state index contributed by atoms with van der Waals surface area (Å²) in [6.45, 7) is 6.62. The third kappa shape index (κ3) is 3.89. The first-order valence-electron chi connectivity index (χ1n) is 5.44. The smallest absolute Gasteiger partial charge is 0.138 e. The van der Waals surface area contributed by atoms with E-state index in [9.17, 15) is 0 Å². The number of hydrogen-bond acceptors (Lipinski definition) is 3. The molecule has 0 unspecified atom stereocenters. The zero-order valence-corrected chi connectivity index (χ0v) is 11.6. The van der Waals surface area contributed by atoms with Crippen molar-refractivity contribution in [1.29, 1.82) is 0 Å². The van der Waals surface area contributed by atoms with Gasteiger partial charge in [0.05, 0.1) is 7.11 Å². The molecule has 0 aliphatic carbocycles. The Bertz CT molecular complexity index is 410. The molecule has 0 aromatic heterocycles. The molecule has 4 heteroatoms. The summed E-state index contributed by atoms with van der Waals surface area (Å²) < 4.78 is 10.8. The second kappa shape index (κ2) is 5.36. The predicted molar refractivity (Wildman–Crippen MR) is 74.0 cm³/mol. The normalized spacial score (nSPS) is 11.1. The number of rotatable bonds is 4. The molecule has 94 valence electrons. The fourth-order valence-corrected chi connectivity index (χ4v) is 1.56. The minimum atomic E-state index is -0.0277. The zero-order chi connectivity index (χ0) is 13.1. The Morgan fingerprint density at radius 1 is 1.35 bits per heavy atom. The van der Waals surface area contributed by atoms with Gasteiger partial charge >= 0.3 is 0 Å². The van der Waals surface area contributed by atoms with Crippen molar-refractivity contribution < 1.29 is 9.47 Å². The van der Waals surface area contributed by atoms with Crippen molar-refractivity contribution in [2.24, 2.45) is 5.73 Å². The molecular weight excluding hydrogens is 234 g/mol. The van der Waals surface area contributed by atoms with Crippen molar-refractivity contribution in [1.82, 2.24) is 0 Å². The molecule has 1 aromatic rings. The lowest BCUT2D eigenvalue weighted by Crippen LogP contribution is -2.20. The highest BCUT2D eigenvalue weighted by Gasteiger charge is 2.20. The fourth-order valence-electron chi connectivity index (χ4n) is 1.50. The summed E-state index contributed by atoms with van der Waals surface area (Å²) in [5.41, 5.74) is 6.49. The van der Waals surface area contributed by atoms with Crippen LogP contribution in [0.5, 0.6) is 11.5 Å². The van der Waals surface area contributed by atoms with E-state index in [1.54, 1.807) is 7.11 Å². The van der Waals surface area contributed by atoms with Crippen LogP contribution in [0.3, 0.4) is 0 Å². The number of ether oxygens (including phenoxy) is 2. The standard InChI is InChI=1S/C13H19NO2S/c1-13(2,3)10-7-9(15-4)5-6-11(10)16-8-12(14)17/h5-7H,8H2,1-4H3,(H2,14,17). The van der Waals surface area contributed by atoms with Gasteiger partial charge in [-0.3, -0.25) is 0 Å². The lowest BCUT2D eigenvalue weighted by atomic mass is 9.86. The van der Waals surface area contributed by atoms with E-state index in [4.69, 9.17) is 27.4 Å². The zero-order valence-electron chi connectivity index (χ0n) is 10.7. The van der Waals surface area contributed by atoms with Gasteiger partial charge in [0.15, 0.2) is 0 Å². The minimum Gasteiger partial charge on any atom is -0.497 e. The van der Waals surface area contributed by atoms with Crippen molar-refractivity contribution in [3.63, 3.8) is 0 Å². The summed E-state index contributed by atoms with van der Waals surface area (Å²) in [5.74, 6) is 1.61. The van der Waals surface area contributed by atoms with Gasteiger partial charge in [-0.05, 0) is 23.6 Å². The van der Waals surface area contributed by atoms with Gasteiger partial charge in [0, 0.05) is 5.56 Å². The van der Waals surface area contributed by atoms with Gasteiger partial charge < -0.3 is 15.2 Å². The maximum atomic E-state index is 5.60. The minimum absolute atomic E-state index is 0.0277. The van der Waals surface area contributed by atoms with Gasteiger partial charge in [-0.15, -0.1) is 0 Å². The fraction of sp³-hybridized carbons (Fsp3) is 0.462. The number of benzene rings is 1. The molecule has 2 N–H and O–H groups in total. The molecule has 1 aromatic carbocycles. The van der Waals surface area contributed by atoms with Crippen LogP contribution >= 0.6 is 12.2 Å². The largest absolute Gasteiger partial charge is 0.497 e. The molecule has 0 aliphatic heterocycles. The maximum absolute atomic E-state index is 5.60. The number of methoxy groups -OCH3 is 1. The summed E-state index contributed by atoms with van der Waals surface area (Å²) in [5, 5.41) is 0. The van der Waals surface area contributed by atoms with E-state index in [2.05, 4.69) is 20.8 Å². The van der Waals surface area contributed by atoms with Crippen LogP contribution in [0, 0.1) is 0 Å². The molecule has 0 saturated heterocycles. The number of nitrogens with two attached hydrogens (primary N) is 1. The van der Waals surface area contributed by atoms with Crippen molar-refractivity contribution in [3.8, 4) is 11.5 Å². The van der Waals surface area contributed by atoms with Crippen molar-refractivity contribution in [2.45, 2.75) is 26.2 Å². The van der Waals surface area contributed by atoms with Crippen molar-refractivity contribution in [3.05, 3.63) is 23.8 Å². The van der Waals surface area contributed by atoms with Crippen LogP contribution in [-0.4, -0.2) is 18.7 Å². The predicted octanol–water partition coefficient (Wildman–Crippen LogP) is 2.66. The van der Waals surface area contributed by atoms with Gasteiger partial charge in [0.1, 0.15) is 23.1 Å². The highest BCUT2D eigenvalue weighted by atomic mass is 32.1. The van der Waals surface area contributed by atoms with Gasteiger partial charge in [-0.25, -0.2) is 0 Å². The summed E-state index contributed by atoms with van der Waals surface area (Å²) >= 11 is 4.81. The molecule has 0 amide bonds. The Morgan fingerprint density at radius 3 is 2.47 bits per heavy atom. The average molecular weight is 253 g/mol. The molecule has 0 spiro atoms. The van der Waals surface area contributed by atoms with Crippen LogP contribution in [0.25, 0.3) is 0 Å². The molecule has 0 heterocycles. The lowest BCUT2D eigenvalue weighted by Gasteiger charge is -2.23. The lowest BCUT2D eigenvalue weighted by molar-refractivity contribution is 0.360. The third-order valence-electron chi connectivity index (χ3n) is 2.36. The van der Waals surface area contributed by atoms with E-state index in [0.717, 1.165) is 17.1 Å². The first-order chi connectivity index (χ1) is 7.84. The molecule has 1 rings (SSSR count). The molecule has 0 aliphatic rings. The molecule has 0 saturated carbocycles. The van der Waals surface area contributed by atoms with Crippen LogP contribution in [0.15, 0.2) is 18.2 Å². The summed E-state index contributed by atoms with van der Waals surface area (Å²) in [7, 11) is 1.65. The van der Waals surface area contributed by atoms with Gasteiger partial charge in [-0.1, -0.05) is 33.0 Å². The quantitative estimate of drug-likeness (QED) is 0.838. The summed E-state index contributed by atoms with van der Waals surface area (Å²) in [4.78, 5) is 0.348. The van der Waals surface area contributed by atoms with Crippen LogP contribution < -0.4 is 15.2 Å². The van der Waals surface area contributed by atoms with E-state index in [-0.39, 0.29) is 12.0 Å². The van der Waals surface area contributed by atoms with Gasteiger partial charge in [0.2, 0.25) is 0 Å². The van der Waals surface area contributed by atoms with E-state index >= 15 is 0 Å². The third-order valence-corrected chi connectivity index (χ3v) is 2.48. The summed E-state index contributed by atoms with van der Waals surface area (Å²) in [6, 6.07) is 5.73. The van der Waals surface area contributed by atoms with Crippen LogP contribution in [0.4, 0.5) is 0 Å². The monoisotopic (exact) mass is 253 g/mol. The topological polar surface area (TPSA) is 44.5 Å². The van der Waals surface area contributed by atoms with Crippen molar-refractivity contribution in [2.75, 3.05) is 13.7 Å². The van der Waals surface area contributed by atoms with E-state index in [1.165, 1.54) is 0 Å². The Balaban J connectivity index is 3.07. The molecule has 0 bridgehead atoms. The Hall–Kier alpha value is -1.29. The van der Waals surface area contributed by atoms with Crippen LogP contribution in [0.2, 0.25) is 0 Å². The number of hydrogen-bond donors (Lipinski definition) is 1. The Kier molecular flexibility index (Phi) is 4.34. The Morgan fingerprint density at radius 2 is 2.00 bits per heavy atom. The molecule has 0 radical (unpaired) electrons. The highest BCUT2D eigenvalue weighted by Crippen LogP contribution is 2.34. The highest BCUT2D eigenvalue weighted by molar-refractivity contribution is 7.80. The molecule has 17 heavy (non-hydrogen) atoms. The van der Waals surface area contributed by atoms with Crippen LogP contribution in [0.1, 0.15) is 26.3 Å². The van der Waals surface area contributed by atoms with E-state index < -0.39 is 0 Å². The van der Waals surface area contributed by atoms with Crippen molar-refractivity contribution >= 4 is 17.2 Å². The van der Waals surface area contributed by atoms with Gasteiger partial charge in [-0.2, -0.15) is 0 Å². The van der Waals surface area contributed by atoms with E-state index in [0.29, 0.717) is 4.99 Å². The second-order valence-corrected chi connectivity index (χ2v) is 5.39. The first kappa shape index (κ1) is 13.8. The molecule has 0 fully saturated rings. The SMILES string of the molecule is COc1ccc(OCC(N)=S)c(C(C)(C)C)c1. The summed E-state index contributed by atoms with van der Waals surface area (Å²) in [6.07, 6.45) is 0. The maximum Gasteiger partial charge on any atom is 0.138 e. The second-order valence-electron chi connectivity index (χ2n) is 4.87. The van der Waals surface area contributed by atoms with Crippen LogP contribution in [-0.2, 0) is 5.41 Å². The molecule has 0 atom stereocenters. The molecule has 3 nitrogen and oxygen atoms in total. The first-order valence-corrected chi connectivity index (χ1v) is 5.85. The Labute approximate surface area is 108 Å². The molecular formula is C13H19NO2S. The van der Waals surface area contributed by atoms with Gasteiger partial charge in [0.25, 0.3) is 0 Å².